The number of carbonyl (C=O) groups excluding carboxylic acids is 1. The zero-order valence-corrected chi connectivity index (χ0v) is 16.3. The van der Waals surface area contributed by atoms with E-state index in [9.17, 15) is 23.1 Å². The van der Waals surface area contributed by atoms with E-state index >= 15 is 0 Å². The minimum atomic E-state index is -4.41. The highest BCUT2D eigenvalue weighted by molar-refractivity contribution is 7.90. The molecule has 0 saturated carbocycles. The van der Waals surface area contributed by atoms with E-state index in [-0.39, 0.29) is 28.4 Å². The van der Waals surface area contributed by atoms with Gasteiger partial charge in [-0.25, -0.2) is 17.9 Å². The maximum Gasteiger partial charge on any atom is 0.337 e. The SMILES string of the molecule is O=C(NS(=O)(=O)c1cc(C(=O)O)c(NCc2ccco2)cc1Cl)c1ccccc1. The molecule has 0 bridgehead atoms. The summed E-state index contributed by atoms with van der Waals surface area (Å²) in [6.45, 7) is 0.167. The molecule has 0 unspecified atom stereocenters. The number of hydrogen-bond donors (Lipinski definition) is 3. The summed E-state index contributed by atoms with van der Waals surface area (Å²) in [6.07, 6.45) is 1.47. The van der Waals surface area contributed by atoms with Gasteiger partial charge in [0.1, 0.15) is 10.7 Å². The highest BCUT2D eigenvalue weighted by Crippen LogP contribution is 2.29. The van der Waals surface area contributed by atoms with E-state index in [4.69, 9.17) is 16.0 Å². The van der Waals surface area contributed by atoms with E-state index in [1.54, 1.807) is 30.3 Å². The normalized spacial score (nSPS) is 11.1. The monoisotopic (exact) mass is 434 g/mol. The van der Waals surface area contributed by atoms with Crippen LogP contribution in [0.25, 0.3) is 0 Å². The highest BCUT2D eigenvalue weighted by Gasteiger charge is 2.25. The van der Waals surface area contributed by atoms with Gasteiger partial charge in [0.2, 0.25) is 0 Å². The van der Waals surface area contributed by atoms with Gasteiger partial charge in [0.15, 0.2) is 0 Å². The predicted octanol–water partition coefficient (Wildman–Crippen LogP) is 3.36. The van der Waals surface area contributed by atoms with Crippen LogP contribution in [0.5, 0.6) is 0 Å². The van der Waals surface area contributed by atoms with Gasteiger partial charge in [-0.3, -0.25) is 4.79 Å². The minimum Gasteiger partial charge on any atom is -0.478 e. The molecule has 0 fully saturated rings. The van der Waals surface area contributed by atoms with Crippen molar-refractivity contribution >= 4 is 39.2 Å². The van der Waals surface area contributed by atoms with Crippen LogP contribution in [-0.4, -0.2) is 25.4 Å². The lowest BCUT2D eigenvalue weighted by Crippen LogP contribution is -2.31. The Balaban J connectivity index is 1.91. The van der Waals surface area contributed by atoms with Gasteiger partial charge < -0.3 is 14.8 Å². The molecule has 3 N–H and O–H groups in total. The molecule has 3 rings (SSSR count). The molecule has 2 aromatic carbocycles. The number of carbonyl (C=O) groups is 2. The number of halogens is 1. The summed E-state index contributed by atoms with van der Waals surface area (Å²) in [5.74, 6) is -1.68. The smallest absolute Gasteiger partial charge is 0.337 e. The average Bonchev–Trinajstić information content (AvgIpc) is 3.20. The van der Waals surface area contributed by atoms with Crippen molar-refractivity contribution < 1.29 is 27.5 Å². The first kappa shape index (κ1) is 20.4. The molecule has 0 aliphatic carbocycles. The number of aromatic carboxylic acids is 1. The Morgan fingerprint density at radius 3 is 2.41 bits per heavy atom. The molecule has 0 radical (unpaired) electrons. The number of amides is 1. The minimum absolute atomic E-state index is 0.104. The van der Waals surface area contributed by atoms with Crippen molar-refractivity contribution in [3.05, 3.63) is 82.8 Å². The summed E-state index contributed by atoms with van der Waals surface area (Å²) in [4.78, 5) is 23.3. The van der Waals surface area contributed by atoms with Crippen LogP contribution in [0.4, 0.5) is 5.69 Å². The van der Waals surface area contributed by atoms with Gasteiger partial charge in [0.25, 0.3) is 15.9 Å². The number of sulfonamides is 1. The maximum atomic E-state index is 12.6. The van der Waals surface area contributed by atoms with E-state index in [1.165, 1.54) is 24.5 Å². The van der Waals surface area contributed by atoms with Gasteiger partial charge in [0, 0.05) is 5.56 Å². The molecular formula is C19H15ClN2O6S. The van der Waals surface area contributed by atoms with Gasteiger partial charge >= 0.3 is 5.97 Å². The van der Waals surface area contributed by atoms with Crippen LogP contribution in [0.2, 0.25) is 5.02 Å². The van der Waals surface area contributed by atoms with Crippen molar-refractivity contribution in [2.75, 3.05) is 5.32 Å². The van der Waals surface area contributed by atoms with Gasteiger partial charge in [0.05, 0.1) is 29.1 Å². The summed E-state index contributed by atoms with van der Waals surface area (Å²) >= 11 is 6.09. The summed E-state index contributed by atoms with van der Waals surface area (Å²) < 4.78 is 32.3. The number of anilines is 1. The summed E-state index contributed by atoms with van der Waals surface area (Å²) in [5.41, 5.74) is -0.0943. The molecule has 29 heavy (non-hydrogen) atoms. The quantitative estimate of drug-likeness (QED) is 0.520. The molecule has 8 nitrogen and oxygen atoms in total. The number of hydrogen-bond acceptors (Lipinski definition) is 6. The number of furan rings is 1. The van der Waals surface area contributed by atoms with Crippen molar-refractivity contribution in [2.45, 2.75) is 11.4 Å². The molecule has 150 valence electrons. The van der Waals surface area contributed by atoms with Crippen LogP contribution >= 0.6 is 11.6 Å². The van der Waals surface area contributed by atoms with Crippen molar-refractivity contribution in [1.29, 1.82) is 0 Å². The molecule has 1 heterocycles. The van der Waals surface area contributed by atoms with Crippen molar-refractivity contribution in [3.8, 4) is 0 Å². The molecule has 0 aliphatic heterocycles. The Morgan fingerprint density at radius 2 is 1.79 bits per heavy atom. The van der Waals surface area contributed by atoms with E-state index in [2.05, 4.69) is 5.32 Å². The molecule has 10 heteroatoms. The van der Waals surface area contributed by atoms with Crippen molar-refractivity contribution in [2.24, 2.45) is 0 Å². The topological polar surface area (TPSA) is 126 Å². The van der Waals surface area contributed by atoms with Crippen LogP contribution in [0, 0.1) is 0 Å². The van der Waals surface area contributed by atoms with Gasteiger partial charge in [-0.2, -0.15) is 0 Å². The van der Waals surface area contributed by atoms with Crippen molar-refractivity contribution in [3.63, 3.8) is 0 Å². The average molecular weight is 435 g/mol. The standard InChI is InChI=1S/C19H15ClN2O6S/c20-15-10-16(21-11-13-7-4-8-28-13)14(19(24)25)9-17(15)29(26,27)22-18(23)12-5-2-1-3-6-12/h1-10,21H,11H2,(H,22,23)(H,24,25). The Hall–Kier alpha value is -3.30. The number of rotatable bonds is 7. The fourth-order valence-corrected chi connectivity index (χ4v) is 4.03. The van der Waals surface area contributed by atoms with Crippen LogP contribution < -0.4 is 10.0 Å². The van der Waals surface area contributed by atoms with Crippen LogP contribution in [0.15, 0.2) is 70.2 Å². The third-order valence-electron chi connectivity index (χ3n) is 3.89. The Labute approximate surface area is 171 Å². The first-order valence-electron chi connectivity index (χ1n) is 8.23. The molecule has 0 saturated heterocycles. The van der Waals surface area contributed by atoms with E-state index in [1.807, 2.05) is 4.72 Å². The molecule has 0 spiro atoms. The molecule has 1 aromatic heterocycles. The van der Waals surface area contributed by atoms with Crippen LogP contribution in [-0.2, 0) is 16.6 Å². The maximum absolute atomic E-state index is 12.6. The number of nitrogens with one attached hydrogen (secondary N) is 2. The van der Waals surface area contributed by atoms with Crippen LogP contribution in [0.3, 0.4) is 0 Å². The number of carboxylic acid groups (broad SMARTS) is 1. The third kappa shape index (κ3) is 4.76. The molecule has 1 amide bonds. The van der Waals surface area contributed by atoms with E-state index < -0.39 is 26.8 Å². The third-order valence-corrected chi connectivity index (χ3v) is 5.68. The first-order chi connectivity index (χ1) is 13.8. The summed E-state index contributed by atoms with van der Waals surface area (Å²) in [5, 5.41) is 12.1. The fraction of sp³-hybridized carbons (Fsp3) is 0.0526. The second-order valence-corrected chi connectivity index (χ2v) is 7.92. The van der Waals surface area contributed by atoms with E-state index in [0.717, 1.165) is 6.07 Å². The lowest BCUT2D eigenvalue weighted by Gasteiger charge is -2.13. The molecular weight excluding hydrogens is 420 g/mol. The predicted molar refractivity (Wildman–Crippen MR) is 106 cm³/mol. The second-order valence-electron chi connectivity index (χ2n) is 5.87. The van der Waals surface area contributed by atoms with Gasteiger partial charge in [-0.15, -0.1) is 0 Å². The van der Waals surface area contributed by atoms with Gasteiger partial charge in [-0.1, -0.05) is 29.8 Å². The Morgan fingerprint density at radius 1 is 1.07 bits per heavy atom. The Bertz CT molecular complexity index is 1140. The number of carboxylic acids is 1. The zero-order valence-electron chi connectivity index (χ0n) is 14.8. The molecule has 3 aromatic rings. The lowest BCUT2D eigenvalue weighted by atomic mass is 10.1. The first-order valence-corrected chi connectivity index (χ1v) is 10.1. The van der Waals surface area contributed by atoms with E-state index in [0.29, 0.717) is 5.76 Å². The largest absolute Gasteiger partial charge is 0.478 e. The zero-order chi connectivity index (χ0) is 21.0. The molecule has 0 aliphatic rings. The molecule has 0 atom stereocenters. The highest BCUT2D eigenvalue weighted by atomic mass is 35.5. The van der Waals surface area contributed by atoms with Crippen LogP contribution in [0.1, 0.15) is 26.5 Å². The summed E-state index contributed by atoms with van der Waals surface area (Å²) in [7, 11) is -4.41. The lowest BCUT2D eigenvalue weighted by molar-refractivity contribution is 0.0697. The van der Waals surface area contributed by atoms with Gasteiger partial charge in [-0.05, 0) is 36.4 Å². The second kappa shape index (κ2) is 8.38. The Kier molecular flexibility index (Phi) is 5.90. The van der Waals surface area contributed by atoms with Crippen molar-refractivity contribution in [1.82, 2.24) is 4.72 Å². The summed E-state index contributed by atoms with van der Waals surface area (Å²) in [6, 6.07) is 13.2. The number of benzene rings is 2. The fourth-order valence-electron chi connectivity index (χ4n) is 2.50.